The number of aromatic nitrogens is 3. The second-order valence-electron chi connectivity index (χ2n) is 9.35. The van der Waals surface area contributed by atoms with Gasteiger partial charge < -0.3 is 19.9 Å². The van der Waals surface area contributed by atoms with Crippen LogP contribution in [0.1, 0.15) is 28.0 Å². The average molecular weight is 580 g/mol. The van der Waals surface area contributed by atoms with Gasteiger partial charge >= 0.3 is 0 Å². The monoisotopic (exact) mass is 579 g/mol. The summed E-state index contributed by atoms with van der Waals surface area (Å²) < 4.78 is 9.09. The number of anilines is 2. The molecule has 39 heavy (non-hydrogen) atoms. The lowest BCUT2D eigenvalue weighted by Crippen LogP contribution is -2.25. The van der Waals surface area contributed by atoms with Crippen LogP contribution in [0.5, 0.6) is 11.5 Å². The second kappa shape index (κ2) is 10.7. The summed E-state index contributed by atoms with van der Waals surface area (Å²) >= 11 is 3.46. The summed E-state index contributed by atoms with van der Waals surface area (Å²) in [4.78, 5) is 21.8. The van der Waals surface area contributed by atoms with Gasteiger partial charge in [0.05, 0.1) is 11.0 Å². The summed E-state index contributed by atoms with van der Waals surface area (Å²) in [6.45, 7) is 0.540. The lowest BCUT2D eigenvalue weighted by atomic mass is 10.0. The average Bonchev–Trinajstić information content (AvgIpc) is 3.50. The van der Waals surface area contributed by atoms with Gasteiger partial charge in [0, 0.05) is 42.1 Å². The number of benzene rings is 3. The Morgan fingerprint density at radius 2 is 1.85 bits per heavy atom. The number of amides is 1. The summed E-state index contributed by atoms with van der Waals surface area (Å²) in [5.74, 6) is 1.66. The van der Waals surface area contributed by atoms with Gasteiger partial charge in [0.1, 0.15) is 17.2 Å². The molecule has 0 atom stereocenters. The van der Waals surface area contributed by atoms with E-state index in [1.807, 2.05) is 54.1 Å². The number of rotatable bonds is 8. The molecular formula is C31H26BrN5O2. The molecular weight excluding hydrogens is 554 g/mol. The minimum Gasteiger partial charge on any atom is -0.457 e. The van der Waals surface area contributed by atoms with Crippen LogP contribution < -0.4 is 15.4 Å². The van der Waals surface area contributed by atoms with E-state index in [1.54, 1.807) is 18.3 Å². The quantitative estimate of drug-likeness (QED) is 0.206. The number of imidazole rings is 1. The molecule has 2 N–H and O–H groups in total. The number of ether oxygens (including phenoxy) is 1. The van der Waals surface area contributed by atoms with Crippen molar-refractivity contribution in [2.24, 2.45) is 7.05 Å². The lowest BCUT2D eigenvalue weighted by Gasteiger charge is -2.09. The number of halogens is 1. The van der Waals surface area contributed by atoms with Gasteiger partial charge in [0.25, 0.3) is 5.91 Å². The summed E-state index contributed by atoms with van der Waals surface area (Å²) in [6, 6.07) is 25.5. The van der Waals surface area contributed by atoms with Crippen molar-refractivity contribution in [2.75, 3.05) is 11.9 Å². The van der Waals surface area contributed by atoms with Crippen LogP contribution in [0.2, 0.25) is 0 Å². The Morgan fingerprint density at radius 1 is 1.03 bits per heavy atom. The van der Waals surface area contributed by atoms with Crippen molar-refractivity contribution < 1.29 is 9.53 Å². The number of carbonyl (C=O) groups is 1. The Kier molecular flexibility index (Phi) is 6.85. The Morgan fingerprint density at radius 3 is 2.72 bits per heavy atom. The molecule has 2 aromatic heterocycles. The third kappa shape index (κ3) is 5.42. The summed E-state index contributed by atoms with van der Waals surface area (Å²) in [5.41, 5.74) is 6.92. The molecule has 0 bridgehead atoms. The van der Waals surface area contributed by atoms with Gasteiger partial charge in [0.2, 0.25) is 5.95 Å². The van der Waals surface area contributed by atoms with Crippen LogP contribution in [0.15, 0.2) is 95.6 Å². The van der Waals surface area contributed by atoms with Crippen molar-refractivity contribution in [3.8, 4) is 11.5 Å². The van der Waals surface area contributed by atoms with Crippen molar-refractivity contribution in [1.29, 1.82) is 0 Å². The number of nitrogens with one attached hydrogen (secondary N) is 2. The Labute approximate surface area is 234 Å². The van der Waals surface area contributed by atoms with Gasteiger partial charge in [-0.05, 0) is 72.0 Å². The maximum atomic E-state index is 12.8. The molecule has 1 aliphatic carbocycles. The van der Waals surface area contributed by atoms with Gasteiger partial charge in [0.15, 0.2) is 0 Å². The van der Waals surface area contributed by atoms with Crippen LogP contribution in [0.25, 0.3) is 16.6 Å². The molecule has 6 rings (SSSR count). The highest BCUT2D eigenvalue weighted by atomic mass is 79.9. The standard InChI is InChI=1S/C31H26BrN5O2/c1-37-29-13-12-24(18-27(29)36-31(37)35-23-10-8-22(32)9-11-23)39-25-15-17-33-28(19-25)30(38)34-16-14-21-7-6-20-4-2-3-5-26(20)21/h2-5,7-13,15,17-19H,6,14,16H2,1H3,(H,34,38)(H,35,36). The van der Waals surface area contributed by atoms with Gasteiger partial charge in [-0.2, -0.15) is 0 Å². The number of carbonyl (C=O) groups excluding carboxylic acids is 1. The molecule has 5 aromatic rings. The van der Waals surface area contributed by atoms with Crippen molar-refractivity contribution in [2.45, 2.75) is 12.8 Å². The molecule has 1 amide bonds. The van der Waals surface area contributed by atoms with E-state index < -0.39 is 0 Å². The molecule has 0 spiro atoms. The minimum atomic E-state index is -0.226. The van der Waals surface area contributed by atoms with E-state index in [2.05, 4.69) is 61.9 Å². The number of nitrogens with zero attached hydrogens (tertiary/aromatic N) is 3. The maximum Gasteiger partial charge on any atom is 0.270 e. The van der Waals surface area contributed by atoms with Gasteiger partial charge in [-0.3, -0.25) is 9.78 Å². The fraction of sp³-hybridized carbons (Fsp3) is 0.129. The Balaban J connectivity index is 1.10. The summed E-state index contributed by atoms with van der Waals surface area (Å²) in [7, 11) is 1.97. The van der Waals surface area contributed by atoms with Gasteiger partial charge in [-0.1, -0.05) is 46.3 Å². The zero-order chi connectivity index (χ0) is 26.8. The molecule has 0 aliphatic heterocycles. The van der Waals surface area contributed by atoms with Gasteiger partial charge in [-0.25, -0.2) is 4.98 Å². The molecule has 0 saturated carbocycles. The number of aryl methyl sites for hydroxylation is 1. The van der Waals surface area contributed by atoms with Gasteiger partial charge in [-0.15, -0.1) is 0 Å². The topological polar surface area (TPSA) is 81.1 Å². The highest BCUT2D eigenvalue weighted by Gasteiger charge is 2.15. The van der Waals surface area contributed by atoms with Crippen LogP contribution in [-0.4, -0.2) is 27.0 Å². The first-order valence-corrected chi connectivity index (χ1v) is 13.5. The first-order valence-electron chi connectivity index (χ1n) is 12.7. The van der Waals surface area contributed by atoms with Crippen LogP contribution in [0.3, 0.4) is 0 Å². The zero-order valence-electron chi connectivity index (χ0n) is 21.3. The number of hydrogen-bond donors (Lipinski definition) is 2. The minimum absolute atomic E-state index is 0.226. The van der Waals surface area contributed by atoms with Crippen molar-refractivity contribution >= 4 is 50.1 Å². The van der Waals surface area contributed by atoms with Crippen molar-refractivity contribution in [1.82, 2.24) is 19.9 Å². The number of fused-ring (bicyclic) bond motifs is 2. The van der Waals surface area contributed by atoms with E-state index in [0.29, 0.717) is 23.7 Å². The van der Waals surface area contributed by atoms with E-state index in [1.165, 1.54) is 16.7 Å². The largest absolute Gasteiger partial charge is 0.457 e. The van der Waals surface area contributed by atoms with Crippen molar-refractivity contribution in [3.05, 3.63) is 112 Å². The second-order valence-corrected chi connectivity index (χ2v) is 10.3. The Hall–Kier alpha value is -4.43. The summed E-state index contributed by atoms with van der Waals surface area (Å²) in [5, 5.41) is 6.34. The van der Waals surface area contributed by atoms with E-state index in [4.69, 9.17) is 9.72 Å². The van der Waals surface area contributed by atoms with Crippen molar-refractivity contribution in [3.63, 3.8) is 0 Å². The molecule has 1 aliphatic rings. The fourth-order valence-corrected chi connectivity index (χ4v) is 5.01. The fourth-order valence-electron chi connectivity index (χ4n) is 4.74. The molecule has 7 nitrogen and oxygen atoms in total. The smallest absolute Gasteiger partial charge is 0.270 e. The summed E-state index contributed by atoms with van der Waals surface area (Å²) in [6.07, 6.45) is 5.55. The van der Waals surface area contributed by atoms with Crippen LogP contribution >= 0.6 is 15.9 Å². The van der Waals surface area contributed by atoms with E-state index in [-0.39, 0.29) is 5.91 Å². The number of allylic oxidation sites excluding steroid dienone is 1. The third-order valence-corrected chi connectivity index (χ3v) is 7.29. The lowest BCUT2D eigenvalue weighted by molar-refractivity contribution is 0.0949. The van der Waals surface area contributed by atoms with E-state index >= 15 is 0 Å². The van der Waals surface area contributed by atoms with Crippen LogP contribution in [-0.2, 0) is 13.5 Å². The zero-order valence-corrected chi connectivity index (χ0v) is 22.9. The maximum absolute atomic E-state index is 12.8. The van der Waals surface area contributed by atoms with E-state index in [0.717, 1.165) is 40.0 Å². The van der Waals surface area contributed by atoms with Crippen LogP contribution in [0.4, 0.5) is 11.6 Å². The highest BCUT2D eigenvalue weighted by Crippen LogP contribution is 2.30. The molecule has 0 fully saturated rings. The first-order chi connectivity index (χ1) is 19.0. The molecule has 0 unspecified atom stereocenters. The first kappa shape index (κ1) is 24.9. The van der Waals surface area contributed by atoms with Crippen LogP contribution in [0, 0.1) is 0 Å². The number of hydrogen-bond acceptors (Lipinski definition) is 5. The molecule has 8 heteroatoms. The SMILES string of the molecule is Cn1c(Nc2ccc(Br)cc2)nc2cc(Oc3ccnc(C(=O)NCCC4=CCc5ccccc54)c3)ccc21. The molecule has 3 aromatic carbocycles. The molecule has 194 valence electrons. The van der Waals surface area contributed by atoms with E-state index in [9.17, 15) is 4.79 Å². The number of pyridine rings is 1. The highest BCUT2D eigenvalue weighted by molar-refractivity contribution is 9.10. The molecule has 2 heterocycles. The molecule has 0 saturated heterocycles. The molecule has 0 radical (unpaired) electrons. The third-order valence-electron chi connectivity index (χ3n) is 6.76. The Bertz CT molecular complexity index is 1710. The normalized spacial score (nSPS) is 12.2. The predicted molar refractivity (Wildman–Crippen MR) is 158 cm³/mol. The predicted octanol–water partition coefficient (Wildman–Crippen LogP) is 7.03.